The summed E-state index contributed by atoms with van der Waals surface area (Å²) in [4.78, 5) is 36.2. The molecule has 0 saturated carbocycles. The van der Waals surface area contributed by atoms with Crippen LogP contribution < -0.4 is 10.6 Å². The predicted molar refractivity (Wildman–Crippen MR) is 132 cm³/mol. The third kappa shape index (κ3) is 6.82. The van der Waals surface area contributed by atoms with Crippen LogP contribution in [0.15, 0.2) is 48.5 Å². The van der Waals surface area contributed by atoms with Crippen LogP contribution in [-0.2, 0) is 14.3 Å². The number of carboxylic acid groups (broad SMARTS) is 1. The number of alkyl carbamates (subject to hydrolysis) is 1. The van der Waals surface area contributed by atoms with Gasteiger partial charge in [0.1, 0.15) is 6.61 Å². The number of amides is 2. The minimum atomic E-state index is -1.38. The van der Waals surface area contributed by atoms with E-state index in [9.17, 15) is 24.6 Å². The third-order valence-electron chi connectivity index (χ3n) is 6.22. The van der Waals surface area contributed by atoms with Crippen molar-refractivity contribution in [2.75, 3.05) is 13.2 Å². The number of benzene rings is 2. The fraction of sp³-hybridized carbons (Fsp3) is 0.444. The van der Waals surface area contributed by atoms with E-state index < -0.39 is 30.1 Å². The Morgan fingerprint density at radius 3 is 2.06 bits per heavy atom. The number of nitrogens with one attached hydrogen (secondary N) is 2. The van der Waals surface area contributed by atoms with Crippen LogP contribution in [-0.4, -0.2) is 53.5 Å². The van der Waals surface area contributed by atoms with E-state index in [2.05, 4.69) is 34.9 Å². The summed E-state index contributed by atoms with van der Waals surface area (Å²) in [5.41, 5.74) is 4.55. The molecule has 3 atom stereocenters. The first-order chi connectivity index (χ1) is 16.7. The molecule has 4 N–H and O–H groups in total. The van der Waals surface area contributed by atoms with Crippen LogP contribution in [0.1, 0.15) is 50.7 Å². The number of aliphatic hydroxyl groups excluding tert-OH is 1. The van der Waals surface area contributed by atoms with Gasteiger partial charge < -0.3 is 25.6 Å². The molecule has 0 aliphatic heterocycles. The van der Waals surface area contributed by atoms with Gasteiger partial charge in [0.2, 0.25) is 5.91 Å². The molecule has 0 radical (unpaired) electrons. The lowest BCUT2D eigenvalue weighted by Crippen LogP contribution is -2.48. The standard InChI is InChI=1S/C27H34N2O6/c1-16(2)12-18(13-24(31)29-25(17(3)30)26(32)33)14-28-27(34)35-15-23-21-10-6-4-8-19(21)20-9-5-7-11-22(20)23/h4-11,16-18,23,25,30H,12-15H2,1-3H3,(H,28,34)(H,29,31)(H,32,33)/t17?,18-,25?/m0/s1. The molecule has 2 aromatic rings. The second-order valence-corrected chi connectivity index (χ2v) is 9.53. The Hall–Kier alpha value is -3.39. The third-order valence-corrected chi connectivity index (χ3v) is 6.22. The van der Waals surface area contributed by atoms with Gasteiger partial charge in [-0.3, -0.25) is 4.79 Å². The zero-order valence-corrected chi connectivity index (χ0v) is 20.4. The van der Waals surface area contributed by atoms with Gasteiger partial charge in [0.15, 0.2) is 6.04 Å². The molecule has 0 bridgehead atoms. The van der Waals surface area contributed by atoms with Crippen molar-refractivity contribution in [1.29, 1.82) is 0 Å². The highest BCUT2D eigenvalue weighted by molar-refractivity contribution is 5.84. The van der Waals surface area contributed by atoms with Gasteiger partial charge in [-0.15, -0.1) is 0 Å². The lowest BCUT2D eigenvalue weighted by Gasteiger charge is -2.22. The molecule has 2 unspecified atom stereocenters. The number of aliphatic carboxylic acids is 1. The van der Waals surface area contributed by atoms with Gasteiger partial charge in [0, 0.05) is 18.9 Å². The van der Waals surface area contributed by atoms with E-state index in [0.717, 1.165) is 22.3 Å². The van der Waals surface area contributed by atoms with Crippen LogP contribution in [0.4, 0.5) is 4.79 Å². The quantitative estimate of drug-likeness (QED) is 0.388. The number of carbonyl (C=O) groups excluding carboxylic acids is 2. The highest BCUT2D eigenvalue weighted by atomic mass is 16.5. The molecule has 0 fully saturated rings. The van der Waals surface area contributed by atoms with E-state index in [-0.39, 0.29) is 37.3 Å². The summed E-state index contributed by atoms with van der Waals surface area (Å²) in [6.07, 6.45) is -1.10. The zero-order valence-electron chi connectivity index (χ0n) is 20.4. The maximum Gasteiger partial charge on any atom is 0.407 e. The van der Waals surface area contributed by atoms with Crippen LogP contribution in [0, 0.1) is 11.8 Å². The molecule has 8 heteroatoms. The number of fused-ring (bicyclic) bond motifs is 3. The lowest BCUT2D eigenvalue weighted by atomic mass is 9.93. The van der Waals surface area contributed by atoms with E-state index >= 15 is 0 Å². The summed E-state index contributed by atoms with van der Waals surface area (Å²) in [6.45, 7) is 5.74. The minimum Gasteiger partial charge on any atom is -0.480 e. The Labute approximate surface area is 205 Å². The highest BCUT2D eigenvalue weighted by Gasteiger charge is 2.29. The van der Waals surface area contributed by atoms with Gasteiger partial charge in [-0.25, -0.2) is 9.59 Å². The second kappa shape index (κ2) is 11.8. The molecule has 35 heavy (non-hydrogen) atoms. The molecule has 8 nitrogen and oxygen atoms in total. The minimum absolute atomic E-state index is 0.0261. The molecular weight excluding hydrogens is 448 g/mol. The summed E-state index contributed by atoms with van der Waals surface area (Å²) < 4.78 is 5.57. The topological polar surface area (TPSA) is 125 Å². The van der Waals surface area contributed by atoms with Crippen LogP contribution >= 0.6 is 0 Å². The first-order valence-electron chi connectivity index (χ1n) is 12.0. The Morgan fingerprint density at radius 2 is 1.54 bits per heavy atom. The first-order valence-corrected chi connectivity index (χ1v) is 12.0. The molecule has 0 heterocycles. The van der Waals surface area contributed by atoms with E-state index in [4.69, 9.17) is 4.74 Å². The summed E-state index contributed by atoms with van der Waals surface area (Å²) in [5, 5.41) is 23.9. The smallest absolute Gasteiger partial charge is 0.407 e. The molecule has 2 aromatic carbocycles. The molecular formula is C27H34N2O6. The van der Waals surface area contributed by atoms with E-state index in [0.29, 0.717) is 6.42 Å². The number of rotatable bonds is 11. The summed E-state index contributed by atoms with van der Waals surface area (Å²) >= 11 is 0. The number of hydrogen-bond acceptors (Lipinski definition) is 5. The fourth-order valence-corrected chi connectivity index (χ4v) is 4.67. The molecule has 1 aliphatic rings. The van der Waals surface area contributed by atoms with Crippen LogP contribution in [0.3, 0.4) is 0 Å². The van der Waals surface area contributed by atoms with Crippen molar-refractivity contribution in [3.8, 4) is 11.1 Å². The average Bonchev–Trinajstić information content (AvgIpc) is 3.12. The van der Waals surface area contributed by atoms with Gasteiger partial charge in [-0.05, 0) is 47.4 Å². The van der Waals surface area contributed by atoms with Gasteiger partial charge in [-0.2, -0.15) is 0 Å². The molecule has 1 aliphatic carbocycles. The molecule has 188 valence electrons. The monoisotopic (exact) mass is 482 g/mol. The van der Waals surface area contributed by atoms with Crippen molar-refractivity contribution in [2.24, 2.45) is 11.8 Å². The number of carboxylic acids is 1. The van der Waals surface area contributed by atoms with E-state index in [1.54, 1.807) is 0 Å². The van der Waals surface area contributed by atoms with Gasteiger partial charge >= 0.3 is 12.1 Å². The Balaban J connectivity index is 1.56. The number of carbonyl (C=O) groups is 3. The number of aliphatic hydroxyl groups is 1. The Bertz CT molecular complexity index is 1010. The Kier molecular flexibility index (Phi) is 8.87. The largest absolute Gasteiger partial charge is 0.480 e. The summed E-state index contributed by atoms with van der Waals surface area (Å²) in [7, 11) is 0. The van der Waals surface area contributed by atoms with Crippen molar-refractivity contribution in [2.45, 2.75) is 51.7 Å². The summed E-state index contributed by atoms with van der Waals surface area (Å²) in [5.74, 6) is -1.77. The molecule has 0 aromatic heterocycles. The normalized spacial score (nSPS) is 15.0. The van der Waals surface area contributed by atoms with Gasteiger partial charge in [-0.1, -0.05) is 62.4 Å². The first kappa shape index (κ1) is 26.2. The lowest BCUT2D eigenvalue weighted by molar-refractivity contribution is -0.144. The highest BCUT2D eigenvalue weighted by Crippen LogP contribution is 2.44. The van der Waals surface area contributed by atoms with Crippen LogP contribution in [0.5, 0.6) is 0 Å². The van der Waals surface area contributed by atoms with Crippen LogP contribution in [0.25, 0.3) is 11.1 Å². The maximum atomic E-state index is 12.5. The maximum absolute atomic E-state index is 12.5. The molecule has 2 amide bonds. The second-order valence-electron chi connectivity index (χ2n) is 9.53. The molecule has 0 spiro atoms. The Morgan fingerprint density at radius 1 is 0.971 bits per heavy atom. The van der Waals surface area contributed by atoms with E-state index in [1.165, 1.54) is 6.92 Å². The zero-order chi connectivity index (χ0) is 25.5. The number of hydrogen-bond donors (Lipinski definition) is 4. The van der Waals surface area contributed by atoms with Crippen molar-refractivity contribution in [1.82, 2.24) is 10.6 Å². The van der Waals surface area contributed by atoms with Crippen molar-refractivity contribution in [3.63, 3.8) is 0 Å². The van der Waals surface area contributed by atoms with Crippen molar-refractivity contribution in [3.05, 3.63) is 59.7 Å². The molecule has 0 saturated heterocycles. The van der Waals surface area contributed by atoms with Crippen molar-refractivity contribution >= 4 is 18.0 Å². The number of ether oxygens (including phenoxy) is 1. The van der Waals surface area contributed by atoms with Crippen LogP contribution in [0.2, 0.25) is 0 Å². The van der Waals surface area contributed by atoms with Crippen molar-refractivity contribution < 1.29 is 29.3 Å². The van der Waals surface area contributed by atoms with Gasteiger partial charge in [0.25, 0.3) is 0 Å². The van der Waals surface area contributed by atoms with E-state index in [1.807, 2.05) is 38.1 Å². The summed E-state index contributed by atoms with van der Waals surface area (Å²) in [6, 6.07) is 14.8. The molecule has 3 rings (SSSR count). The fourth-order valence-electron chi connectivity index (χ4n) is 4.67. The average molecular weight is 483 g/mol. The SMILES string of the molecule is CC(C)C[C@H](CNC(=O)OCC1c2ccccc2-c2ccccc21)CC(=O)NC(C(=O)O)C(C)O. The predicted octanol–water partition coefficient (Wildman–Crippen LogP) is 3.53. The van der Waals surface area contributed by atoms with Gasteiger partial charge in [0.05, 0.1) is 6.10 Å².